The first-order chi connectivity index (χ1) is 7.66. The molecule has 4 nitrogen and oxygen atoms in total. The maximum Gasteiger partial charge on any atom is 0.211 e. The number of nitrogens with one attached hydrogen (secondary N) is 1. The lowest BCUT2D eigenvalue weighted by Gasteiger charge is -2.22. The van der Waals surface area contributed by atoms with E-state index in [2.05, 4.69) is 4.72 Å². The smallest absolute Gasteiger partial charge is 0.211 e. The van der Waals surface area contributed by atoms with Crippen molar-refractivity contribution in [1.29, 1.82) is 0 Å². The van der Waals surface area contributed by atoms with E-state index in [4.69, 9.17) is 11.6 Å². The maximum absolute atomic E-state index is 11.5. The third kappa shape index (κ3) is 11.0. The van der Waals surface area contributed by atoms with Gasteiger partial charge in [0.2, 0.25) is 10.0 Å². The van der Waals surface area contributed by atoms with Gasteiger partial charge in [0, 0.05) is 12.4 Å². The molecule has 2 N–H and O–H groups in total. The van der Waals surface area contributed by atoms with E-state index in [1.54, 1.807) is 0 Å². The Hall–Kier alpha value is 0.160. The zero-order valence-electron chi connectivity index (χ0n) is 10.9. The fourth-order valence-corrected chi connectivity index (χ4v) is 2.82. The number of rotatable bonds is 8. The predicted molar refractivity (Wildman–Crippen MR) is 71.8 cm³/mol. The number of hydrogen-bond donors (Lipinski definition) is 2. The van der Waals surface area contributed by atoms with E-state index < -0.39 is 16.1 Å². The number of hydrogen-bond acceptors (Lipinski definition) is 3. The molecule has 0 aromatic rings. The second kappa shape index (κ2) is 7.56. The zero-order chi connectivity index (χ0) is 13.5. The molecular weight excluding hydrogens is 262 g/mol. The van der Waals surface area contributed by atoms with Crippen molar-refractivity contribution in [3.63, 3.8) is 0 Å². The molecule has 1 atom stereocenters. The molecule has 0 saturated heterocycles. The lowest BCUT2D eigenvalue weighted by molar-refractivity contribution is 0.125. The molecule has 0 aromatic carbocycles. The Bertz CT molecular complexity index is 298. The minimum atomic E-state index is -3.27. The lowest BCUT2D eigenvalue weighted by atomic mass is 9.89. The van der Waals surface area contributed by atoms with Crippen LogP contribution in [0.15, 0.2) is 0 Å². The van der Waals surface area contributed by atoms with Crippen LogP contribution in [0.5, 0.6) is 0 Å². The van der Waals surface area contributed by atoms with Crippen LogP contribution in [0.3, 0.4) is 0 Å². The largest absolute Gasteiger partial charge is 0.392 e. The van der Waals surface area contributed by atoms with Crippen LogP contribution in [0.2, 0.25) is 0 Å². The fraction of sp³-hybridized carbons (Fsp3) is 1.00. The summed E-state index contributed by atoms with van der Waals surface area (Å²) in [5.74, 6) is 0.546. The average molecular weight is 286 g/mol. The summed E-state index contributed by atoms with van der Waals surface area (Å²) in [6.45, 7) is 6.10. The maximum atomic E-state index is 11.5. The van der Waals surface area contributed by atoms with E-state index in [1.807, 2.05) is 20.8 Å². The van der Waals surface area contributed by atoms with Gasteiger partial charge < -0.3 is 5.11 Å². The molecule has 0 bridgehead atoms. The van der Waals surface area contributed by atoms with Gasteiger partial charge in [0.05, 0.1) is 11.9 Å². The van der Waals surface area contributed by atoms with Gasteiger partial charge in [0.1, 0.15) is 0 Å². The van der Waals surface area contributed by atoms with Gasteiger partial charge in [-0.25, -0.2) is 13.1 Å². The SMILES string of the molecule is CC(C)(C)CC(O)CNS(=O)(=O)CCCCCl. The van der Waals surface area contributed by atoms with Crippen LogP contribution in [-0.4, -0.2) is 37.8 Å². The minimum Gasteiger partial charge on any atom is -0.392 e. The van der Waals surface area contributed by atoms with Crippen LogP contribution >= 0.6 is 11.6 Å². The summed E-state index contributed by atoms with van der Waals surface area (Å²) in [6.07, 6.45) is 1.16. The van der Waals surface area contributed by atoms with E-state index in [9.17, 15) is 13.5 Å². The van der Waals surface area contributed by atoms with Gasteiger partial charge in [-0.05, 0) is 24.7 Å². The second-order valence-corrected chi connectivity index (χ2v) is 7.79. The van der Waals surface area contributed by atoms with Gasteiger partial charge in [0.15, 0.2) is 0 Å². The Labute approximate surface area is 110 Å². The fourth-order valence-electron chi connectivity index (χ4n) is 1.46. The number of alkyl halides is 1. The standard InChI is InChI=1S/C11H24ClNO3S/c1-11(2,3)8-10(14)9-13-17(15,16)7-5-4-6-12/h10,13-14H,4-9H2,1-3H3. The Balaban J connectivity index is 3.93. The molecule has 0 fully saturated rings. The van der Waals surface area contributed by atoms with Crippen LogP contribution in [0.4, 0.5) is 0 Å². The molecule has 0 radical (unpaired) electrons. The van der Waals surface area contributed by atoms with Crippen molar-refractivity contribution in [3.8, 4) is 0 Å². The summed E-state index contributed by atoms with van der Waals surface area (Å²) in [5, 5.41) is 9.67. The number of aliphatic hydroxyl groups excluding tert-OH is 1. The molecule has 104 valence electrons. The zero-order valence-corrected chi connectivity index (χ0v) is 12.4. The Morgan fingerprint density at radius 2 is 1.88 bits per heavy atom. The summed E-state index contributed by atoms with van der Waals surface area (Å²) < 4.78 is 25.4. The van der Waals surface area contributed by atoms with Gasteiger partial charge in [-0.3, -0.25) is 0 Å². The normalized spacial score (nSPS) is 14.9. The van der Waals surface area contributed by atoms with E-state index in [1.165, 1.54) is 0 Å². The highest BCUT2D eigenvalue weighted by Gasteiger charge is 2.18. The topological polar surface area (TPSA) is 66.4 Å². The van der Waals surface area contributed by atoms with Crippen molar-refractivity contribution < 1.29 is 13.5 Å². The van der Waals surface area contributed by atoms with E-state index >= 15 is 0 Å². The van der Waals surface area contributed by atoms with Crippen LogP contribution in [0.25, 0.3) is 0 Å². The molecule has 0 aliphatic rings. The second-order valence-electron chi connectivity index (χ2n) is 5.48. The summed E-state index contributed by atoms with van der Waals surface area (Å²) in [6, 6.07) is 0. The van der Waals surface area contributed by atoms with Crippen LogP contribution in [0.1, 0.15) is 40.0 Å². The predicted octanol–water partition coefficient (Wildman–Crippen LogP) is 1.72. The highest BCUT2D eigenvalue weighted by atomic mass is 35.5. The minimum absolute atomic E-state index is 0.0104. The van der Waals surface area contributed by atoms with Gasteiger partial charge >= 0.3 is 0 Å². The molecule has 0 saturated carbocycles. The summed E-state index contributed by atoms with van der Waals surface area (Å²) in [7, 11) is -3.27. The molecule has 0 aliphatic carbocycles. The van der Waals surface area contributed by atoms with E-state index in [0.717, 1.165) is 0 Å². The van der Waals surface area contributed by atoms with Crippen molar-refractivity contribution in [2.24, 2.45) is 5.41 Å². The van der Waals surface area contributed by atoms with E-state index in [0.29, 0.717) is 25.1 Å². The highest BCUT2D eigenvalue weighted by Crippen LogP contribution is 2.20. The number of halogens is 1. The highest BCUT2D eigenvalue weighted by molar-refractivity contribution is 7.89. The van der Waals surface area contributed by atoms with Gasteiger partial charge in [0.25, 0.3) is 0 Å². The first kappa shape index (κ1) is 17.2. The van der Waals surface area contributed by atoms with Crippen LogP contribution < -0.4 is 4.72 Å². The molecule has 0 heterocycles. The monoisotopic (exact) mass is 285 g/mol. The quantitative estimate of drug-likeness (QED) is 0.527. The number of sulfonamides is 1. The molecular formula is C11H24ClNO3S. The number of aliphatic hydroxyl groups is 1. The summed E-state index contributed by atoms with van der Waals surface area (Å²) >= 11 is 5.48. The Kier molecular flexibility index (Phi) is 7.63. The third-order valence-corrected chi connectivity index (χ3v) is 3.88. The molecule has 1 unspecified atom stereocenters. The molecule has 0 amide bonds. The first-order valence-corrected chi connectivity index (χ1v) is 8.06. The van der Waals surface area contributed by atoms with Crippen molar-refractivity contribution >= 4 is 21.6 Å². The van der Waals surface area contributed by atoms with Crippen LogP contribution in [-0.2, 0) is 10.0 Å². The molecule has 6 heteroatoms. The van der Waals surface area contributed by atoms with E-state index in [-0.39, 0.29) is 17.7 Å². The van der Waals surface area contributed by atoms with Crippen molar-refractivity contribution in [2.45, 2.75) is 46.1 Å². The van der Waals surface area contributed by atoms with Crippen molar-refractivity contribution in [3.05, 3.63) is 0 Å². The number of unbranched alkanes of at least 4 members (excludes halogenated alkanes) is 1. The van der Waals surface area contributed by atoms with Gasteiger partial charge in [-0.15, -0.1) is 11.6 Å². The molecule has 0 aromatic heterocycles. The van der Waals surface area contributed by atoms with Crippen molar-refractivity contribution in [1.82, 2.24) is 4.72 Å². The average Bonchev–Trinajstić information content (AvgIpc) is 2.13. The third-order valence-electron chi connectivity index (χ3n) is 2.18. The van der Waals surface area contributed by atoms with Crippen molar-refractivity contribution in [2.75, 3.05) is 18.2 Å². The first-order valence-electron chi connectivity index (χ1n) is 5.88. The Morgan fingerprint density at radius 3 is 2.35 bits per heavy atom. The molecule has 0 aliphatic heterocycles. The summed E-state index contributed by atoms with van der Waals surface area (Å²) in [4.78, 5) is 0. The lowest BCUT2D eigenvalue weighted by Crippen LogP contribution is -2.35. The van der Waals surface area contributed by atoms with Gasteiger partial charge in [-0.1, -0.05) is 20.8 Å². The summed E-state index contributed by atoms with van der Waals surface area (Å²) in [5.41, 5.74) is -0.0104. The molecule has 0 rings (SSSR count). The molecule has 17 heavy (non-hydrogen) atoms. The Morgan fingerprint density at radius 1 is 1.29 bits per heavy atom. The van der Waals surface area contributed by atoms with Crippen LogP contribution in [0, 0.1) is 5.41 Å². The molecule has 0 spiro atoms. The van der Waals surface area contributed by atoms with Gasteiger partial charge in [-0.2, -0.15) is 0 Å².